The zero-order valence-electron chi connectivity index (χ0n) is 6.55. The van der Waals surface area contributed by atoms with Crippen molar-refractivity contribution >= 4 is 17.5 Å². The van der Waals surface area contributed by atoms with Crippen molar-refractivity contribution in [1.29, 1.82) is 0 Å². The molecule has 0 fully saturated rings. The molecule has 0 radical (unpaired) electrons. The first-order valence-electron chi connectivity index (χ1n) is 3.10. The van der Waals surface area contributed by atoms with Gasteiger partial charge in [0.05, 0.1) is 0 Å². The van der Waals surface area contributed by atoms with Crippen LogP contribution in [0.4, 0.5) is 4.79 Å². The molecule has 0 rings (SSSR count). The molecule has 0 heterocycles. The summed E-state index contributed by atoms with van der Waals surface area (Å²) in [5.74, 6) is -0.00230. The molecule has 0 atom stereocenters. The number of nitrogens with one attached hydrogen (secondary N) is 1. The minimum absolute atomic E-state index is 0.00230. The fourth-order valence-electron chi connectivity index (χ4n) is 0.550. The van der Waals surface area contributed by atoms with Gasteiger partial charge in [-0.3, -0.25) is 4.79 Å². The first-order valence-corrected chi connectivity index (χ1v) is 3.10. The van der Waals surface area contributed by atoms with Gasteiger partial charge in [-0.05, 0) is 13.8 Å². The molecule has 3 N–H and O–H groups in total. The summed E-state index contributed by atoms with van der Waals surface area (Å²) in [7, 11) is 0. The van der Waals surface area contributed by atoms with E-state index in [1.165, 1.54) is 6.92 Å². The molecule has 62 valence electrons. The Hall–Kier alpha value is -1.39. The van der Waals surface area contributed by atoms with Gasteiger partial charge in [-0.25, -0.2) is 10.2 Å². The SMILES string of the molecule is CC(=O)C/C(C)=N/NC(N)=O. The molecule has 0 aliphatic heterocycles. The monoisotopic (exact) mass is 157 g/mol. The highest BCUT2D eigenvalue weighted by Gasteiger charge is 1.96. The van der Waals surface area contributed by atoms with Gasteiger partial charge in [0, 0.05) is 12.1 Å². The first-order chi connectivity index (χ1) is 5.02. The Bertz CT molecular complexity index is 198. The third kappa shape index (κ3) is 6.50. The van der Waals surface area contributed by atoms with Gasteiger partial charge >= 0.3 is 6.03 Å². The van der Waals surface area contributed by atoms with E-state index >= 15 is 0 Å². The summed E-state index contributed by atoms with van der Waals surface area (Å²) < 4.78 is 0. The highest BCUT2D eigenvalue weighted by molar-refractivity contribution is 5.99. The third-order valence-electron chi connectivity index (χ3n) is 0.862. The van der Waals surface area contributed by atoms with Gasteiger partial charge in [-0.1, -0.05) is 0 Å². The molecule has 0 aromatic rings. The molecule has 0 aliphatic rings. The van der Waals surface area contributed by atoms with Crippen molar-refractivity contribution < 1.29 is 9.59 Å². The van der Waals surface area contributed by atoms with E-state index in [9.17, 15) is 9.59 Å². The van der Waals surface area contributed by atoms with Crippen LogP contribution in [0.25, 0.3) is 0 Å². The molecule has 0 saturated heterocycles. The van der Waals surface area contributed by atoms with Crippen molar-refractivity contribution in [3.63, 3.8) is 0 Å². The second kappa shape index (κ2) is 4.43. The van der Waals surface area contributed by atoms with Crippen molar-refractivity contribution in [2.45, 2.75) is 20.3 Å². The number of amides is 2. The lowest BCUT2D eigenvalue weighted by atomic mass is 10.2. The van der Waals surface area contributed by atoms with E-state index in [0.717, 1.165) is 0 Å². The van der Waals surface area contributed by atoms with Gasteiger partial charge in [0.15, 0.2) is 0 Å². The predicted molar refractivity (Wildman–Crippen MR) is 41.1 cm³/mol. The minimum atomic E-state index is -0.729. The summed E-state index contributed by atoms with van der Waals surface area (Å²) in [5.41, 5.74) is 7.29. The van der Waals surface area contributed by atoms with Crippen LogP contribution in [0.3, 0.4) is 0 Å². The summed E-state index contributed by atoms with van der Waals surface area (Å²) in [6, 6.07) is -0.729. The molecule has 0 bridgehead atoms. The summed E-state index contributed by atoms with van der Waals surface area (Å²) >= 11 is 0. The number of carbonyl (C=O) groups excluding carboxylic acids is 2. The van der Waals surface area contributed by atoms with Crippen molar-refractivity contribution in [2.75, 3.05) is 0 Å². The van der Waals surface area contributed by atoms with E-state index in [1.54, 1.807) is 6.92 Å². The Morgan fingerprint density at radius 2 is 2.00 bits per heavy atom. The maximum Gasteiger partial charge on any atom is 0.332 e. The van der Waals surface area contributed by atoms with Gasteiger partial charge in [0.2, 0.25) is 0 Å². The standard InChI is InChI=1S/C6H11N3O2/c1-4(3-5(2)10)8-9-6(7)11/h3H2,1-2H3,(H3,7,9,11)/b8-4+. The second-order valence-corrected chi connectivity index (χ2v) is 2.20. The van der Waals surface area contributed by atoms with E-state index in [1.807, 2.05) is 5.43 Å². The minimum Gasteiger partial charge on any atom is -0.350 e. The van der Waals surface area contributed by atoms with Crippen LogP contribution in [-0.4, -0.2) is 17.5 Å². The number of nitrogens with zero attached hydrogens (tertiary/aromatic N) is 1. The molecule has 0 spiro atoms. The van der Waals surface area contributed by atoms with Crippen LogP contribution in [0.2, 0.25) is 0 Å². The topological polar surface area (TPSA) is 84.6 Å². The maximum atomic E-state index is 10.5. The number of urea groups is 1. The molecule has 0 aliphatic carbocycles. The third-order valence-corrected chi connectivity index (χ3v) is 0.862. The van der Waals surface area contributed by atoms with Crippen LogP contribution in [0.1, 0.15) is 20.3 Å². The zero-order valence-corrected chi connectivity index (χ0v) is 6.55. The molecule has 0 aromatic heterocycles. The van der Waals surface area contributed by atoms with E-state index < -0.39 is 6.03 Å². The smallest absolute Gasteiger partial charge is 0.332 e. The van der Waals surface area contributed by atoms with Crippen molar-refractivity contribution in [3.05, 3.63) is 0 Å². The summed E-state index contributed by atoms with van der Waals surface area (Å²) in [5, 5.41) is 3.54. The normalized spacial score (nSPS) is 10.9. The number of rotatable bonds is 3. The fourth-order valence-corrected chi connectivity index (χ4v) is 0.550. The second-order valence-electron chi connectivity index (χ2n) is 2.20. The number of hydrogen-bond acceptors (Lipinski definition) is 3. The molecular formula is C6H11N3O2. The first kappa shape index (κ1) is 9.61. The number of hydrogen-bond donors (Lipinski definition) is 2. The van der Waals surface area contributed by atoms with E-state index in [2.05, 4.69) is 5.10 Å². The molecular weight excluding hydrogens is 146 g/mol. The number of nitrogens with two attached hydrogens (primary N) is 1. The van der Waals surface area contributed by atoms with E-state index in [4.69, 9.17) is 5.73 Å². The number of hydrazone groups is 1. The van der Waals surface area contributed by atoms with Crippen LogP contribution < -0.4 is 11.2 Å². The highest BCUT2D eigenvalue weighted by atomic mass is 16.2. The maximum absolute atomic E-state index is 10.5. The predicted octanol–water partition coefficient (Wildman–Crippen LogP) is 0.00970. The lowest BCUT2D eigenvalue weighted by molar-refractivity contribution is -0.115. The summed E-state index contributed by atoms with van der Waals surface area (Å²) in [4.78, 5) is 20.6. The van der Waals surface area contributed by atoms with E-state index in [0.29, 0.717) is 5.71 Å². The van der Waals surface area contributed by atoms with Crippen LogP contribution in [-0.2, 0) is 4.79 Å². The molecule has 0 saturated carbocycles. The molecule has 2 amide bonds. The average molecular weight is 157 g/mol. The van der Waals surface area contributed by atoms with Gasteiger partial charge in [0.1, 0.15) is 5.78 Å². The van der Waals surface area contributed by atoms with Gasteiger partial charge in [0.25, 0.3) is 0 Å². The highest BCUT2D eigenvalue weighted by Crippen LogP contribution is 1.85. The Morgan fingerprint density at radius 3 is 2.36 bits per heavy atom. The summed E-state index contributed by atoms with van der Waals surface area (Å²) in [6.45, 7) is 3.08. The molecule has 5 heteroatoms. The van der Waals surface area contributed by atoms with Gasteiger partial charge in [-0.2, -0.15) is 5.10 Å². The number of ketones is 1. The quantitative estimate of drug-likeness (QED) is 0.446. The lowest BCUT2D eigenvalue weighted by Crippen LogP contribution is -2.25. The van der Waals surface area contributed by atoms with Gasteiger partial charge in [-0.15, -0.1) is 0 Å². The Labute approximate surface area is 64.6 Å². The van der Waals surface area contributed by atoms with Crippen LogP contribution >= 0.6 is 0 Å². The Kier molecular flexibility index (Phi) is 3.87. The lowest BCUT2D eigenvalue weighted by Gasteiger charge is -1.95. The van der Waals surface area contributed by atoms with Crippen LogP contribution in [0.5, 0.6) is 0 Å². The zero-order chi connectivity index (χ0) is 8.85. The van der Waals surface area contributed by atoms with Crippen LogP contribution in [0, 0.1) is 0 Å². The average Bonchev–Trinajstić information content (AvgIpc) is 1.82. The number of primary amides is 1. The molecule has 0 unspecified atom stereocenters. The largest absolute Gasteiger partial charge is 0.350 e. The van der Waals surface area contributed by atoms with Crippen molar-refractivity contribution in [3.8, 4) is 0 Å². The van der Waals surface area contributed by atoms with Crippen molar-refractivity contribution in [2.24, 2.45) is 10.8 Å². The van der Waals surface area contributed by atoms with Gasteiger partial charge < -0.3 is 5.73 Å². The molecule has 5 nitrogen and oxygen atoms in total. The molecule has 11 heavy (non-hydrogen) atoms. The van der Waals surface area contributed by atoms with E-state index in [-0.39, 0.29) is 12.2 Å². The number of carbonyl (C=O) groups is 2. The van der Waals surface area contributed by atoms with Crippen molar-refractivity contribution in [1.82, 2.24) is 5.43 Å². The Morgan fingerprint density at radius 1 is 1.45 bits per heavy atom. The van der Waals surface area contributed by atoms with Crippen LogP contribution in [0.15, 0.2) is 5.10 Å². The Balaban J connectivity index is 3.81. The summed E-state index contributed by atoms with van der Waals surface area (Å²) in [6.07, 6.45) is 0.236. The molecule has 0 aromatic carbocycles. The number of Topliss-reactive ketones (excluding diaryl/α,β-unsaturated/α-hetero) is 1. The fraction of sp³-hybridized carbons (Fsp3) is 0.500.